The molecule has 1 fully saturated rings. The number of nitriles is 1. The minimum atomic E-state index is -4.07. The average Bonchev–Trinajstić information content (AvgIpc) is 2.89. The van der Waals surface area contributed by atoms with E-state index >= 15 is 0 Å². The van der Waals surface area contributed by atoms with Gasteiger partial charge in [-0.25, -0.2) is 8.42 Å². The van der Waals surface area contributed by atoms with Crippen LogP contribution in [0.1, 0.15) is 15.9 Å². The van der Waals surface area contributed by atoms with Crippen molar-refractivity contribution in [2.45, 2.75) is 4.90 Å². The smallest absolute Gasteiger partial charge is 0.264 e. The normalized spacial score (nSPS) is 13.5. The number of methoxy groups -OCH3 is 1. The quantitative estimate of drug-likeness (QED) is 0.518. The highest BCUT2D eigenvalue weighted by atomic mass is 32.2. The van der Waals surface area contributed by atoms with Gasteiger partial charge in [-0.2, -0.15) is 5.26 Å². The number of hydrogen-bond acceptors (Lipinski definition) is 7. The van der Waals surface area contributed by atoms with Crippen molar-refractivity contribution < 1.29 is 22.7 Å². The highest BCUT2D eigenvalue weighted by molar-refractivity contribution is 7.93. The SMILES string of the molecule is COc1ccccc1NS(=O)(=O)c1cc(NC(=O)c2cccc(C#N)c2)ccc1N1CCOCC1. The zero-order chi connectivity index (χ0) is 24.8. The number of benzene rings is 3. The molecule has 2 N–H and O–H groups in total. The number of carbonyl (C=O) groups excluding carboxylic acids is 1. The molecule has 0 radical (unpaired) electrons. The summed E-state index contributed by atoms with van der Waals surface area (Å²) in [5.74, 6) is -0.0758. The zero-order valence-corrected chi connectivity index (χ0v) is 19.8. The van der Waals surface area contributed by atoms with Crippen LogP contribution in [-0.4, -0.2) is 47.7 Å². The number of para-hydroxylation sites is 2. The third kappa shape index (κ3) is 5.54. The minimum absolute atomic E-state index is 0.00822. The minimum Gasteiger partial charge on any atom is -0.495 e. The summed E-state index contributed by atoms with van der Waals surface area (Å²) in [7, 11) is -2.60. The van der Waals surface area contributed by atoms with Crippen LogP contribution in [0.15, 0.2) is 71.6 Å². The first kappa shape index (κ1) is 24.1. The second-order valence-corrected chi connectivity index (χ2v) is 9.39. The number of morpholine rings is 1. The van der Waals surface area contributed by atoms with E-state index in [1.165, 1.54) is 19.2 Å². The number of nitrogens with one attached hydrogen (secondary N) is 2. The molecule has 180 valence electrons. The fourth-order valence-corrected chi connectivity index (χ4v) is 5.06. The molecule has 0 aliphatic carbocycles. The Balaban J connectivity index is 1.70. The van der Waals surface area contributed by atoms with E-state index in [-0.39, 0.29) is 10.5 Å². The van der Waals surface area contributed by atoms with Crippen molar-refractivity contribution in [3.63, 3.8) is 0 Å². The summed E-state index contributed by atoms with van der Waals surface area (Å²) in [4.78, 5) is 14.7. The van der Waals surface area contributed by atoms with Gasteiger partial charge in [0.1, 0.15) is 10.6 Å². The Labute approximate surface area is 203 Å². The maximum atomic E-state index is 13.6. The fraction of sp³-hybridized carbons (Fsp3) is 0.200. The molecule has 0 aromatic heterocycles. The van der Waals surface area contributed by atoms with Gasteiger partial charge in [-0.15, -0.1) is 0 Å². The van der Waals surface area contributed by atoms with Crippen LogP contribution in [0.4, 0.5) is 17.1 Å². The van der Waals surface area contributed by atoms with Crippen LogP contribution in [-0.2, 0) is 14.8 Å². The maximum absolute atomic E-state index is 13.6. The summed E-state index contributed by atoms with van der Waals surface area (Å²) in [5, 5.41) is 11.8. The largest absolute Gasteiger partial charge is 0.495 e. The molecular formula is C25H24N4O5S. The predicted octanol–water partition coefficient (Wildman–Crippen LogP) is 3.46. The molecule has 1 amide bonds. The van der Waals surface area contributed by atoms with Gasteiger partial charge in [0.2, 0.25) is 0 Å². The van der Waals surface area contributed by atoms with Gasteiger partial charge >= 0.3 is 0 Å². The predicted molar refractivity (Wildman–Crippen MR) is 132 cm³/mol. The monoisotopic (exact) mass is 492 g/mol. The van der Waals surface area contributed by atoms with Crippen LogP contribution < -0.4 is 19.7 Å². The van der Waals surface area contributed by atoms with Crippen molar-refractivity contribution in [1.29, 1.82) is 5.26 Å². The Morgan fingerprint density at radius 1 is 1.06 bits per heavy atom. The van der Waals surface area contributed by atoms with Gasteiger partial charge in [0.25, 0.3) is 15.9 Å². The summed E-state index contributed by atoms with van der Waals surface area (Å²) in [5.41, 5.74) is 1.74. The van der Waals surface area contributed by atoms with E-state index in [2.05, 4.69) is 10.0 Å². The lowest BCUT2D eigenvalue weighted by atomic mass is 10.1. The number of ether oxygens (including phenoxy) is 2. The van der Waals surface area contributed by atoms with Crippen molar-refractivity contribution in [3.05, 3.63) is 77.9 Å². The van der Waals surface area contributed by atoms with E-state index in [0.717, 1.165) is 0 Å². The topological polar surface area (TPSA) is 121 Å². The van der Waals surface area contributed by atoms with Crippen LogP contribution >= 0.6 is 0 Å². The van der Waals surface area contributed by atoms with Gasteiger partial charge in [-0.3, -0.25) is 9.52 Å². The second-order valence-electron chi connectivity index (χ2n) is 7.73. The van der Waals surface area contributed by atoms with E-state index in [0.29, 0.717) is 54.7 Å². The Kier molecular flexibility index (Phi) is 7.19. The molecule has 35 heavy (non-hydrogen) atoms. The molecule has 1 heterocycles. The summed E-state index contributed by atoms with van der Waals surface area (Å²) in [6.07, 6.45) is 0. The summed E-state index contributed by atoms with van der Waals surface area (Å²) >= 11 is 0. The first-order valence-electron chi connectivity index (χ1n) is 10.9. The Hall–Kier alpha value is -4.07. The molecule has 1 aliphatic heterocycles. The van der Waals surface area contributed by atoms with Crippen molar-refractivity contribution in [2.75, 3.05) is 48.4 Å². The number of hydrogen-bond donors (Lipinski definition) is 2. The van der Waals surface area contributed by atoms with Gasteiger partial charge in [0.15, 0.2) is 0 Å². The number of nitrogens with zero attached hydrogens (tertiary/aromatic N) is 2. The molecule has 4 rings (SSSR count). The molecule has 10 heteroatoms. The fourth-order valence-electron chi connectivity index (χ4n) is 3.73. The molecule has 9 nitrogen and oxygen atoms in total. The van der Waals surface area contributed by atoms with Gasteiger partial charge < -0.3 is 19.7 Å². The number of sulfonamides is 1. The Bertz CT molecular complexity index is 1380. The lowest BCUT2D eigenvalue weighted by molar-refractivity contribution is 0.102. The van der Waals surface area contributed by atoms with Gasteiger partial charge in [-0.05, 0) is 48.5 Å². The average molecular weight is 493 g/mol. The van der Waals surface area contributed by atoms with Crippen LogP contribution in [0.2, 0.25) is 0 Å². The van der Waals surface area contributed by atoms with E-state index in [9.17, 15) is 13.2 Å². The number of anilines is 3. The van der Waals surface area contributed by atoms with E-state index in [4.69, 9.17) is 14.7 Å². The first-order chi connectivity index (χ1) is 16.9. The summed E-state index contributed by atoms with van der Waals surface area (Å²) in [6, 6.07) is 19.7. The molecule has 3 aromatic rings. The van der Waals surface area contributed by atoms with E-state index in [1.807, 2.05) is 11.0 Å². The Morgan fingerprint density at radius 3 is 2.57 bits per heavy atom. The number of carbonyl (C=O) groups is 1. The second kappa shape index (κ2) is 10.5. The van der Waals surface area contributed by atoms with Crippen molar-refractivity contribution in [2.24, 2.45) is 0 Å². The highest BCUT2D eigenvalue weighted by Gasteiger charge is 2.25. The van der Waals surface area contributed by atoms with Gasteiger partial charge in [-0.1, -0.05) is 18.2 Å². The number of rotatable bonds is 7. The first-order valence-corrected chi connectivity index (χ1v) is 12.3. The lowest BCUT2D eigenvalue weighted by Gasteiger charge is -2.30. The van der Waals surface area contributed by atoms with Crippen LogP contribution in [0.3, 0.4) is 0 Å². The molecule has 0 spiro atoms. The molecule has 3 aromatic carbocycles. The van der Waals surface area contributed by atoms with Crippen molar-refractivity contribution >= 4 is 33.0 Å². The third-order valence-electron chi connectivity index (χ3n) is 5.46. The summed E-state index contributed by atoms with van der Waals surface area (Å²) in [6.45, 7) is 2.02. The molecular weight excluding hydrogens is 468 g/mol. The van der Waals surface area contributed by atoms with E-state index < -0.39 is 15.9 Å². The van der Waals surface area contributed by atoms with Crippen LogP contribution in [0.5, 0.6) is 5.75 Å². The number of amides is 1. The molecule has 1 saturated heterocycles. The molecule has 0 saturated carbocycles. The zero-order valence-electron chi connectivity index (χ0n) is 19.0. The maximum Gasteiger partial charge on any atom is 0.264 e. The Morgan fingerprint density at radius 2 is 1.83 bits per heavy atom. The van der Waals surface area contributed by atoms with Crippen molar-refractivity contribution in [3.8, 4) is 11.8 Å². The van der Waals surface area contributed by atoms with E-state index in [1.54, 1.807) is 54.6 Å². The van der Waals surface area contributed by atoms with Crippen LogP contribution in [0.25, 0.3) is 0 Å². The molecule has 0 atom stereocenters. The van der Waals surface area contributed by atoms with Crippen LogP contribution in [0, 0.1) is 11.3 Å². The van der Waals surface area contributed by atoms with Crippen molar-refractivity contribution in [1.82, 2.24) is 0 Å². The highest BCUT2D eigenvalue weighted by Crippen LogP contribution is 2.33. The molecule has 0 bridgehead atoms. The standard InChI is InChI=1S/C25H24N4O5S/c1-33-23-8-3-2-7-21(23)28-35(31,32)24-16-20(9-10-22(24)29-11-13-34-14-12-29)27-25(30)19-6-4-5-18(15-19)17-26/h2-10,15-16,28H,11-14H2,1H3,(H,27,30). The lowest BCUT2D eigenvalue weighted by Crippen LogP contribution is -2.37. The van der Waals surface area contributed by atoms with Gasteiger partial charge in [0.05, 0.1) is 43.3 Å². The van der Waals surface area contributed by atoms with Gasteiger partial charge in [0, 0.05) is 24.3 Å². The molecule has 1 aliphatic rings. The summed E-state index contributed by atoms with van der Waals surface area (Å²) < 4.78 is 40.4. The third-order valence-corrected chi connectivity index (χ3v) is 6.86. The molecule has 0 unspecified atom stereocenters.